The number of carbonyl (C=O) groups excluding carboxylic acids is 1. The van der Waals surface area contributed by atoms with Crippen molar-refractivity contribution in [3.63, 3.8) is 0 Å². The van der Waals surface area contributed by atoms with E-state index in [9.17, 15) is 23.1 Å². The summed E-state index contributed by atoms with van der Waals surface area (Å²) in [4.78, 5) is 25.7. The SMILES string of the molecule is CCC[C@H]1CN([C@@H](CC)C(=O)O)C(=O)C1S(=O)(=O)c1ccc(C)cc1. The quantitative estimate of drug-likeness (QED) is 0.798. The lowest BCUT2D eigenvalue weighted by atomic mass is 10.0. The molecule has 1 saturated heterocycles. The van der Waals surface area contributed by atoms with Crippen LogP contribution in [0, 0.1) is 12.8 Å². The molecule has 1 aliphatic heterocycles. The fourth-order valence-corrected chi connectivity index (χ4v) is 5.43. The minimum Gasteiger partial charge on any atom is -0.480 e. The van der Waals surface area contributed by atoms with Crippen LogP contribution in [0.1, 0.15) is 38.7 Å². The van der Waals surface area contributed by atoms with E-state index in [0.717, 1.165) is 12.0 Å². The predicted octanol–water partition coefficient (Wildman–Crippen LogP) is 2.26. The summed E-state index contributed by atoms with van der Waals surface area (Å²) < 4.78 is 26.1. The third kappa shape index (κ3) is 3.71. The highest BCUT2D eigenvalue weighted by atomic mass is 32.2. The number of carboxylic acids is 1. The van der Waals surface area contributed by atoms with Gasteiger partial charge in [-0.3, -0.25) is 4.79 Å². The Bertz CT molecular complexity index is 741. The van der Waals surface area contributed by atoms with Crippen LogP contribution in [-0.2, 0) is 19.4 Å². The predicted molar refractivity (Wildman–Crippen MR) is 94.0 cm³/mol. The van der Waals surface area contributed by atoms with E-state index in [2.05, 4.69) is 0 Å². The minimum atomic E-state index is -3.86. The molecule has 0 spiro atoms. The van der Waals surface area contributed by atoms with Gasteiger partial charge in [-0.25, -0.2) is 13.2 Å². The molecule has 2 rings (SSSR count). The van der Waals surface area contributed by atoms with E-state index in [4.69, 9.17) is 0 Å². The Morgan fingerprint density at radius 1 is 1.28 bits per heavy atom. The first-order valence-electron chi connectivity index (χ1n) is 8.57. The molecule has 1 aromatic rings. The number of hydrogen-bond donors (Lipinski definition) is 1. The fourth-order valence-electron chi connectivity index (χ4n) is 3.49. The summed E-state index contributed by atoms with van der Waals surface area (Å²) in [5.41, 5.74) is 0.931. The molecule has 1 N–H and O–H groups in total. The zero-order valence-electron chi connectivity index (χ0n) is 14.8. The van der Waals surface area contributed by atoms with Gasteiger partial charge in [-0.05, 0) is 31.9 Å². The summed E-state index contributed by atoms with van der Waals surface area (Å²) in [6.45, 7) is 5.64. The third-order valence-electron chi connectivity index (χ3n) is 4.78. The molecule has 0 saturated carbocycles. The van der Waals surface area contributed by atoms with Crippen molar-refractivity contribution in [3.05, 3.63) is 29.8 Å². The van der Waals surface area contributed by atoms with E-state index >= 15 is 0 Å². The van der Waals surface area contributed by atoms with Crippen LogP contribution in [0.25, 0.3) is 0 Å². The Balaban J connectivity index is 2.44. The van der Waals surface area contributed by atoms with Crippen LogP contribution in [0.5, 0.6) is 0 Å². The van der Waals surface area contributed by atoms with E-state index in [0.29, 0.717) is 6.42 Å². The second kappa shape index (κ2) is 7.56. The summed E-state index contributed by atoms with van der Waals surface area (Å²) in [5, 5.41) is 8.16. The van der Waals surface area contributed by atoms with Crippen LogP contribution in [-0.4, -0.2) is 48.1 Å². The van der Waals surface area contributed by atoms with Crippen LogP contribution >= 0.6 is 0 Å². The number of benzene rings is 1. The standard InChI is InChI=1S/C18H25NO5S/c1-4-6-13-11-19(15(5-2)18(21)22)17(20)16(13)25(23,24)14-9-7-12(3)8-10-14/h7-10,13,15-16H,4-6,11H2,1-3H3,(H,21,22)/t13-,15-,16?/m0/s1. The van der Waals surface area contributed by atoms with Crippen molar-refractivity contribution in [2.75, 3.05) is 6.54 Å². The van der Waals surface area contributed by atoms with Crippen molar-refractivity contribution in [1.82, 2.24) is 4.90 Å². The van der Waals surface area contributed by atoms with Gasteiger partial charge < -0.3 is 10.0 Å². The molecule has 0 aliphatic carbocycles. The second-order valence-corrected chi connectivity index (χ2v) is 8.65. The monoisotopic (exact) mass is 367 g/mol. The molecule has 6 nitrogen and oxygen atoms in total. The number of carbonyl (C=O) groups is 2. The summed E-state index contributed by atoms with van der Waals surface area (Å²) in [6, 6.07) is 5.44. The Labute approximate surface area is 148 Å². The summed E-state index contributed by atoms with van der Waals surface area (Å²) in [5.74, 6) is -2.08. The van der Waals surface area contributed by atoms with Crippen molar-refractivity contribution >= 4 is 21.7 Å². The van der Waals surface area contributed by atoms with Crippen molar-refractivity contribution in [3.8, 4) is 0 Å². The maximum atomic E-state index is 13.1. The van der Waals surface area contributed by atoms with Gasteiger partial charge in [0, 0.05) is 12.5 Å². The van der Waals surface area contributed by atoms with Gasteiger partial charge in [0.1, 0.15) is 11.3 Å². The van der Waals surface area contributed by atoms with Gasteiger partial charge in [-0.1, -0.05) is 38.0 Å². The average Bonchev–Trinajstić information content (AvgIpc) is 2.85. The third-order valence-corrected chi connectivity index (χ3v) is 6.96. The number of rotatable bonds is 7. The highest BCUT2D eigenvalue weighted by Crippen LogP contribution is 2.34. The van der Waals surface area contributed by atoms with Gasteiger partial charge in [0.05, 0.1) is 4.90 Å². The van der Waals surface area contributed by atoms with Crippen molar-refractivity contribution < 1.29 is 23.1 Å². The second-order valence-electron chi connectivity index (χ2n) is 6.58. The van der Waals surface area contributed by atoms with Crippen molar-refractivity contribution in [2.24, 2.45) is 5.92 Å². The molecular formula is C18H25NO5S. The minimum absolute atomic E-state index is 0.114. The molecule has 7 heteroatoms. The highest BCUT2D eigenvalue weighted by Gasteiger charge is 2.50. The summed E-state index contributed by atoms with van der Waals surface area (Å²) in [6.07, 6.45) is 1.54. The Hall–Kier alpha value is -1.89. The first-order valence-corrected chi connectivity index (χ1v) is 10.1. The number of hydrogen-bond acceptors (Lipinski definition) is 4. The van der Waals surface area contributed by atoms with Crippen LogP contribution < -0.4 is 0 Å². The fraction of sp³-hybridized carbons (Fsp3) is 0.556. The number of nitrogens with zero attached hydrogens (tertiary/aromatic N) is 1. The maximum absolute atomic E-state index is 13.1. The largest absolute Gasteiger partial charge is 0.480 e. The van der Waals surface area contributed by atoms with Crippen LogP contribution in [0.3, 0.4) is 0 Å². The Kier molecular flexibility index (Phi) is 5.87. The van der Waals surface area contributed by atoms with Gasteiger partial charge in [0.15, 0.2) is 9.84 Å². The van der Waals surface area contributed by atoms with Crippen LogP contribution in [0.2, 0.25) is 0 Å². The lowest BCUT2D eigenvalue weighted by molar-refractivity contribution is -0.148. The molecule has 138 valence electrons. The molecule has 0 radical (unpaired) electrons. The van der Waals surface area contributed by atoms with Crippen LogP contribution in [0.15, 0.2) is 29.2 Å². The zero-order valence-corrected chi connectivity index (χ0v) is 15.6. The molecule has 1 amide bonds. The molecule has 1 aliphatic rings. The molecule has 25 heavy (non-hydrogen) atoms. The average molecular weight is 367 g/mol. The van der Waals surface area contributed by atoms with Gasteiger partial charge in [0.2, 0.25) is 5.91 Å². The Morgan fingerprint density at radius 3 is 2.36 bits per heavy atom. The first kappa shape index (κ1) is 19.4. The summed E-state index contributed by atoms with van der Waals surface area (Å²) >= 11 is 0. The molecular weight excluding hydrogens is 342 g/mol. The number of sulfone groups is 1. The number of carboxylic acid groups (broad SMARTS) is 1. The molecule has 1 heterocycles. The van der Waals surface area contributed by atoms with E-state index in [1.54, 1.807) is 19.1 Å². The molecule has 1 fully saturated rings. The summed E-state index contributed by atoms with van der Waals surface area (Å²) in [7, 11) is -3.86. The maximum Gasteiger partial charge on any atom is 0.326 e. The zero-order chi connectivity index (χ0) is 18.8. The van der Waals surface area contributed by atoms with Crippen LogP contribution in [0.4, 0.5) is 0 Å². The molecule has 1 unspecified atom stereocenters. The molecule has 0 aromatic heterocycles. The highest BCUT2D eigenvalue weighted by molar-refractivity contribution is 7.92. The van der Waals surface area contributed by atoms with E-state index < -0.39 is 38.9 Å². The van der Waals surface area contributed by atoms with E-state index in [1.165, 1.54) is 17.0 Å². The smallest absolute Gasteiger partial charge is 0.326 e. The molecule has 0 bridgehead atoms. The normalized spacial score (nSPS) is 22.2. The number of likely N-dealkylation sites (tertiary alicyclic amines) is 1. The Morgan fingerprint density at radius 2 is 1.88 bits per heavy atom. The lowest BCUT2D eigenvalue weighted by Gasteiger charge is -2.23. The number of aryl methyl sites for hydroxylation is 1. The van der Waals surface area contributed by atoms with Gasteiger partial charge in [-0.15, -0.1) is 0 Å². The van der Waals surface area contributed by atoms with Crippen molar-refractivity contribution in [1.29, 1.82) is 0 Å². The molecule has 3 atom stereocenters. The van der Waals surface area contributed by atoms with E-state index in [-0.39, 0.29) is 17.9 Å². The van der Waals surface area contributed by atoms with Crippen molar-refractivity contribution in [2.45, 2.75) is 56.2 Å². The van der Waals surface area contributed by atoms with E-state index in [1.807, 2.05) is 13.8 Å². The number of amides is 1. The van der Waals surface area contributed by atoms with Gasteiger partial charge in [-0.2, -0.15) is 0 Å². The lowest BCUT2D eigenvalue weighted by Crippen LogP contribution is -2.44. The van der Waals surface area contributed by atoms with Gasteiger partial charge >= 0.3 is 5.97 Å². The van der Waals surface area contributed by atoms with Gasteiger partial charge in [0.25, 0.3) is 0 Å². The molecule has 1 aromatic carbocycles. The first-order chi connectivity index (χ1) is 11.7. The topological polar surface area (TPSA) is 91.8 Å². The number of aliphatic carboxylic acids is 1.